The van der Waals surface area contributed by atoms with Crippen LogP contribution in [-0.2, 0) is 6.42 Å². The molecule has 0 aliphatic carbocycles. The third-order valence-corrected chi connectivity index (χ3v) is 2.88. The molecule has 1 aromatic carbocycles. The largest absolute Gasteiger partial charge is 0.496 e. The van der Waals surface area contributed by atoms with Gasteiger partial charge in [-0.1, -0.05) is 12.1 Å². The van der Waals surface area contributed by atoms with Gasteiger partial charge in [-0.05, 0) is 52.2 Å². The lowest BCUT2D eigenvalue weighted by atomic mass is 9.96. The van der Waals surface area contributed by atoms with Gasteiger partial charge < -0.3 is 15.2 Å². The minimum atomic E-state index is -0.511. The molecule has 4 heteroatoms. The van der Waals surface area contributed by atoms with Crippen molar-refractivity contribution in [1.29, 1.82) is 0 Å². The van der Waals surface area contributed by atoms with Crippen LogP contribution in [0.4, 0.5) is 0 Å². The van der Waals surface area contributed by atoms with Gasteiger partial charge in [0.15, 0.2) is 0 Å². The zero-order chi connectivity index (χ0) is 15.5. The van der Waals surface area contributed by atoms with Crippen molar-refractivity contribution in [2.75, 3.05) is 7.11 Å². The molecule has 0 spiro atoms. The van der Waals surface area contributed by atoms with Gasteiger partial charge in [0.1, 0.15) is 5.75 Å². The minimum Gasteiger partial charge on any atom is -0.496 e. The first kappa shape index (κ1) is 16.5. The van der Waals surface area contributed by atoms with Crippen molar-refractivity contribution >= 4 is 5.91 Å². The van der Waals surface area contributed by atoms with Gasteiger partial charge >= 0.3 is 0 Å². The highest BCUT2D eigenvalue weighted by atomic mass is 16.5. The van der Waals surface area contributed by atoms with Crippen molar-refractivity contribution in [1.82, 2.24) is 5.32 Å². The van der Waals surface area contributed by atoms with E-state index >= 15 is 0 Å². The molecule has 0 aliphatic rings. The van der Waals surface area contributed by atoms with Crippen molar-refractivity contribution in [3.8, 4) is 5.75 Å². The molecule has 0 saturated carbocycles. The monoisotopic (exact) mass is 279 g/mol. The number of aliphatic hydroxyl groups is 1. The van der Waals surface area contributed by atoms with Crippen molar-refractivity contribution < 1.29 is 14.6 Å². The summed E-state index contributed by atoms with van der Waals surface area (Å²) in [5, 5.41) is 12.6. The highest BCUT2D eigenvalue weighted by molar-refractivity contribution is 5.99. The molecule has 112 valence electrons. The number of aryl methyl sites for hydroxylation is 1. The fourth-order valence-electron chi connectivity index (χ4n) is 2.13. The SMILES string of the molecule is COc1c(C)ccc(CC(C)O)c1C(=O)NC(C)(C)C. The van der Waals surface area contributed by atoms with Crippen LogP contribution in [-0.4, -0.2) is 29.8 Å². The Kier molecular flexibility index (Phi) is 5.17. The molecule has 0 saturated heterocycles. The third-order valence-electron chi connectivity index (χ3n) is 2.88. The van der Waals surface area contributed by atoms with Crippen molar-refractivity contribution in [2.45, 2.75) is 52.7 Å². The Labute approximate surface area is 121 Å². The van der Waals surface area contributed by atoms with Crippen LogP contribution in [0, 0.1) is 6.92 Å². The minimum absolute atomic E-state index is 0.172. The molecule has 0 fully saturated rings. The van der Waals surface area contributed by atoms with E-state index in [2.05, 4.69) is 5.32 Å². The maximum atomic E-state index is 12.5. The molecular weight excluding hydrogens is 254 g/mol. The predicted molar refractivity (Wildman–Crippen MR) is 80.3 cm³/mol. The summed E-state index contributed by atoms with van der Waals surface area (Å²) in [7, 11) is 1.56. The van der Waals surface area contributed by atoms with E-state index in [0.717, 1.165) is 11.1 Å². The molecule has 0 radical (unpaired) electrons. The van der Waals surface area contributed by atoms with Crippen LogP contribution in [0.25, 0.3) is 0 Å². The Morgan fingerprint density at radius 2 is 2.00 bits per heavy atom. The molecular formula is C16H25NO3. The second kappa shape index (κ2) is 6.27. The lowest BCUT2D eigenvalue weighted by Crippen LogP contribution is -2.41. The number of hydrogen-bond acceptors (Lipinski definition) is 3. The Morgan fingerprint density at radius 3 is 2.45 bits per heavy atom. The number of amides is 1. The normalized spacial score (nSPS) is 12.9. The maximum absolute atomic E-state index is 12.5. The zero-order valence-corrected chi connectivity index (χ0v) is 13.2. The molecule has 2 N–H and O–H groups in total. The topological polar surface area (TPSA) is 58.6 Å². The highest BCUT2D eigenvalue weighted by Crippen LogP contribution is 2.28. The number of aliphatic hydroxyl groups excluding tert-OH is 1. The highest BCUT2D eigenvalue weighted by Gasteiger charge is 2.23. The summed E-state index contributed by atoms with van der Waals surface area (Å²) in [6.45, 7) is 9.40. The molecule has 0 bridgehead atoms. The number of rotatable bonds is 4. The van der Waals surface area contributed by atoms with E-state index in [4.69, 9.17) is 4.74 Å². The molecule has 1 rings (SSSR count). The van der Waals surface area contributed by atoms with Crippen LogP contribution in [0.5, 0.6) is 5.75 Å². The summed E-state index contributed by atoms with van der Waals surface area (Å²) in [5.41, 5.74) is 1.89. The second-order valence-corrected chi connectivity index (χ2v) is 6.21. The quantitative estimate of drug-likeness (QED) is 0.890. The molecule has 20 heavy (non-hydrogen) atoms. The number of nitrogens with one attached hydrogen (secondary N) is 1. The van der Waals surface area contributed by atoms with Crippen molar-refractivity contribution in [3.63, 3.8) is 0 Å². The Balaban J connectivity index is 3.31. The number of ether oxygens (including phenoxy) is 1. The average Bonchev–Trinajstić information content (AvgIpc) is 2.27. The smallest absolute Gasteiger partial charge is 0.255 e. The fraction of sp³-hybridized carbons (Fsp3) is 0.562. The molecule has 1 unspecified atom stereocenters. The van der Waals surface area contributed by atoms with E-state index in [1.165, 1.54) is 0 Å². The predicted octanol–water partition coefficient (Wildman–Crippen LogP) is 2.46. The maximum Gasteiger partial charge on any atom is 0.255 e. The van der Waals surface area contributed by atoms with Crippen LogP contribution < -0.4 is 10.1 Å². The van der Waals surface area contributed by atoms with Gasteiger partial charge in [-0.3, -0.25) is 4.79 Å². The van der Waals surface area contributed by atoms with Gasteiger partial charge in [0.05, 0.1) is 18.8 Å². The Bertz CT molecular complexity index is 487. The van der Waals surface area contributed by atoms with E-state index in [1.807, 2.05) is 39.8 Å². The first-order valence-electron chi connectivity index (χ1n) is 6.82. The van der Waals surface area contributed by atoms with Gasteiger partial charge in [0.2, 0.25) is 0 Å². The molecule has 0 aliphatic heterocycles. The first-order chi connectivity index (χ1) is 9.15. The van der Waals surface area contributed by atoms with E-state index in [9.17, 15) is 9.90 Å². The summed E-state index contributed by atoms with van der Waals surface area (Å²) in [4.78, 5) is 12.5. The lowest BCUT2D eigenvalue weighted by molar-refractivity contribution is 0.0914. The number of hydrogen-bond donors (Lipinski definition) is 2. The van der Waals surface area contributed by atoms with E-state index in [1.54, 1.807) is 14.0 Å². The van der Waals surface area contributed by atoms with Gasteiger partial charge in [-0.25, -0.2) is 0 Å². The molecule has 1 amide bonds. The Morgan fingerprint density at radius 1 is 1.40 bits per heavy atom. The Hall–Kier alpha value is -1.55. The fourth-order valence-corrected chi connectivity index (χ4v) is 2.13. The molecule has 0 aromatic heterocycles. The van der Waals surface area contributed by atoms with Crippen molar-refractivity contribution in [3.05, 3.63) is 28.8 Å². The third kappa shape index (κ3) is 4.23. The van der Waals surface area contributed by atoms with Gasteiger partial charge in [-0.2, -0.15) is 0 Å². The number of carbonyl (C=O) groups is 1. The zero-order valence-electron chi connectivity index (χ0n) is 13.2. The molecule has 1 aromatic rings. The second-order valence-electron chi connectivity index (χ2n) is 6.21. The van der Waals surface area contributed by atoms with E-state index < -0.39 is 6.10 Å². The molecule has 1 atom stereocenters. The van der Waals surface area contributed by atoms with Gasteiger partial charge in [-0.15, -0.1) is 0 Å². The first-order valence-corrected chi connectivity index (χ1v) is 6.82. The van der Waals surface area contributed by atoms with Crippen LogP contribution >= 0.6 is 0 Å². The van der Waals surface area contributed by atoms with E-state index in [0.29, 0.717) is 17.7 Å². The number of methoxy groups -OCH3 is 1. The summed E-state index contributed by atoms with van der Waals surface area (Å²) in [6, 6.07) is 3.78. The summed E-state index contributed by atoms with van der Waals surface area (Å²) in [6.07, 6.45) is -0.0904. The van der Waals surface area contributed by atoms with Gasteiger partial charge in [0, 0.05) is 5.54 Å². The molecule has 4 nitrogen and oxygen atoms in total. The molecule has 0 heterocycles. The van der Waals surface area contributed by atoms with Crippen LogP contribution in [0.2, 0.25) is 0 Å². The number of benzene rings is 1. The van der Waals surface area contributed by atoms with Crippen LogP contribution in [0.3, 0.4) is 0 Å². The lowest BCUT2D eigenvalue weighted by Gasteiger charge is -2.23. The summed E-state index contributed by atoms with van der Waals surface area (Å²) < 4.78 is 5.39. The average molecular weight is 279 g/mol. The van der Waals surface area contributed by atoms with E-state index in [-0.39, 0.29) is 11.4 Å². The van der Waals surface area contributed by atoms with Gasteiger partial charge in [0.25, 0.3) is 5.91 Å². The van der Waals surface area contributed by atoms with Crippen LogP contribution in [0.15, 0.2) is 12.1 Å². The standard InChI is InChI=1S/C16H25NO3/c1-10-7-8-12(9-11(2)18)13(14(10)20-6)15(19)17-16(3,4)5/h7-8,11,18H,9H2,1-6H3,(H,17,19). The summed E-state index contributed by atoms with van der Waals surface area (Å²) in [5.74, 6) is 0.401. The number of carbonyl (C=O) groups excluding carboxylic acids is 1. The summed E-state index contributed by atoms with van der Waals surface area (Å²) >= 11 is 0. The van der Waals surface area contributed by atoms with Crippen molar-refractivity contribution in [2.24, 2.45) is 0 Å². The van der Waals surface area contributed by atoms with Crippen LogP contribution in [0.1, 0.15) is 49.2 Å².